The van der Waals surface area contributed by atoms with Crippen molar-refractivity contribution in [3.8, 4) is 5.75 Å². The zero-order valence-corrected chi connectivity index (χ0v) is 9.47. The lowest BCUT2D eigenvalue weighted by Crippen LogP contribution is -2.13. The topological polar surface area (TPSA) is 77.0 Å². The van der Waals surface area contributed by atoms with Gasteiger partial charge in [0.15, 0.2) is 0 Å². The number of rotatable bonds is 4. The van der Waals surface area contributed by atoms with Crippen molar-refractivity contribution >= 4 is 23.8 Å². The Balaban J connectivity index is 2.62. The smallest absolute Gasteiger partial charge is 0.331 e. The van der Waals surface area contributed by atoms with Gasteiger partial charge in [0.1, 0.15) is 12.0 Å². The molecule has 0 heterocycles. The van der Waals surface area contributed by atoms with Crippen molar-refractivity contribution in [2.24, 2.45) is 5.16 Å². The lowest BCUT2D eigenvalue weighted by molar-refractivity contribution is -0.140. The Morgan fingerprint density at radius 2 is 2.06 bits per heavy atom. The number of nitrogens with zero attached hydrogens (tertiary/aromatic N) is 1. The number of benzene rings is 1. The molecular formula is C11H12N2O4. The molecule has 6 nitrogen and oxygen atoms in total. The summed E-state index contributed by atoms with van der Waals surface area (Å²) in [5.74, 6) is -0.580. The van der Waals surface area contributed by atoms with Crippen molar-refractivity contribution in [3.05, 3.63) is 24.3 Å². The molecule has 90 valence electrons. The van der Waals surface area contributed by atoms with E-state index in [0.29, 0.717) is 11.4 Å². The van der Waals surface area contributed by atoms with Gasteiger partial charge < -0.3 is 14.9 Å². The SMILES string of the molecule is COc1ccccc1NC(=O)C=NOC(C)=O. The van der Waals surface area contributed by atoms with Gasteiger partial charge in [-0.05, 0) is 12.1 Å². The standard InChI is InChI=1S/C11H12N2O4/c1-8(14)17-12-7-11(15)13-9-5-3-4-6-10(9)16-2/h3-7H,1-2H3,(H,13,15). The highest BCUT2D eigenvalue weighted by molar-refractivity contribution is 6.31. The highest BCUT2D eigenvalue weighted by Crippen LogP contribution is 2.22. The third kappa shape index (κ3) is 4.33. The molecule has 1 amide bonds. The van der Waals surface area contributed by atoms with Crippen LogP contribution in [0.3, 0.4) is 0 Å². The number of hydrogen-bond acceptors (Lipinski definition) is 5. The number of hydrogen-bond donors (Lipinski definition) is 1. The number of amides is 1. The minimum atomic E-state index is -0.591. The van der Waals surface area contributed by atoms with E-state index in [1.807, 2.05) is 0 Å². The van der Waals surface area contributed by atoms with Gasteiger partial charge in [-0.25, -0.2) is 4.79 Å². The van der Waals surface area contributed by atoms with Crippen LogP contribution in [0.5, 0.6) is 5.75 Å². The quantitative estimate of drug-likeness (QED) is 0.484. The molecule has 0 fully saturated rings. The van der Waals surface area contributed by atoms with Crippen LogP contribution in [0.4, 0.5) is 5.69 Å². The second kappa shape index (κ2) is 6.26. The summed E-state index contributed by atoms with van der Waals surface area (Å²) < 4.78 is 5.04. The van der Waals surface area contributed by atoms with Crippen LogP contribution < -0.4 is 10.1 Å². The van der Waals surface area contributed by atoms with Crippen LogP contribution in [0.2, 0.25) is 0 Å². The zero-order valence-electron chi connectivity index (χ0n) is 9.47. The Morgan fingerprint density at radius 3 is 2.71 bits per heavy atom. The first-order chi connectivity index (χ1) is 8.13. The third-order valence-electron chi connectivity index (χ3n) is 1.72. The normalized spacial score (nSPS) is 10.0. The summed E-state index contributed by atoms with van der Waals surface area (Å²) in [6, 6.07) is 6.91. The molecule has 0 saturated carbocycles. The highest BCUT2D eigenvalue weighted by Gasteiger charge is 2.04. The van der Waals surface area contributed by atoms with Crippen LogP contribution in [0, 0.1) is 0 Å². The summed E-state index contributed by atoms with van der Waals surface area (Å²) in [4.78, 5) is 26.0. The van der Waals surface area contributed by atoms with Crippen molar-refractivity contribution in [1.29, 1.82) is 0 Å². The molecule has 17 heavy (non-hydrogen) atoms. The summed E-state index contributed by atoms with van der Waals surface area (Å²) in [5, 5.41) is 5.73. The molecule has 1 rings (SSSR count). The van der Waals surface area contributed by atoms with Gasteiger partial charge in [-0.15, -0.1) is 0 Å². The molecule has 0 saturated heterocycles. The summed E-state index contributed by atoms with van der Waals surface area (Å²) in [5.41, 5.74) is 0.509. The lowest BCUT2D eigenvalue weighted by Gasteiger charge is -2.07. The first-order valence-electron chi connectivity index (χ1n) is 4.78. The average Bonchev–Trinajstić information content (AvgIpc) is 2.29. The van der Waals surface area contributed by atoms with E-state index in [4.69, 9.17) is 4.74 Å². The van der Waals surface area contributed by atoms with Crippen molar-refractivity contribution in [2.75, 3.05) is 12.4 Å². The predicted octanol–water partition coefficient (Wildman–Crippen LogP) is 1.18. The molecule has 0 radical (unpaired) electrons. The average molecular weight is 236 g/mol. The molecule has 1 N–H and O–H groups in total. The molecule has 0 aromatic heterocycles. The Morgan fingerprint density at radius 1 is 1.35 bits per heavy atom. The number of methoxy groups -OCH3 is 1. The molecule has 0 aliphatic rings. The van der Waals surface area contributed by atoms with E-state index in [1.54, 1.807) is 24.3 Å². The van der Waals surface area contributed by atoms with Crippen molar-refractivity contribution < 1.29 is 19.2 Å². The third-order valence-corrected chi connectivity index (χ3v) is 1.72. The summed E-state index contributed by atoms with van der Waals surface area (Å²) in [6.45, 7) is 1.19. The van der Waals surface area contributed by atoms with Crippen LogP contribution in [0.15, 0.2) is 29.4 Å². The molecule has 0 atom stereocenters. The summed E-state index contributed by atoms with van der Waals surface area (Å²) in [6.07, 6.45) is 0.869. The number of ether oxygens (including phenoxy) is 1. The van der Waals surface area contributed by atoms with E-state index in [2.05, 4.69) is 15.3 Å². The Labute approximate surface area is 98.2 Å². The van der Waals surface area contributed by atoms with E-state index in [-0.39, 0.29) is 0 Å². The first-order valence-corrected chi connectivity index (χ1v) is 4.78. The van der Waals surface area contributed by atoms with Gasteiger partial charge in [0.25, 0.3) is 5.91 Å². The number of nitrogens with one attached hydrogen (secondary N) is 1. The zero-order chi connectivity index (χ0) is 12.7. The Bertz CT molecular complexity index is 443. The molecule has 0 aliphatic carbocycles. The molecule has 6 heteroatoms. The van der Waals surface area contributed by atoms with Crippen molar-refractivity contribution in [3.63, 3.8) is 0 Å². The maximum absolute atomic E-state index is 11.4. The minimum absolute atomic E-state index is 0.509. The van der Waals surface area contributed by atoms with Crippen LogP contribution >= 0.6 is 0 Å². The molecule has 0 unspecified atom stereocenters. The fourth-order valence-electron chi connectivity index (χ4n) is 1.06. The van der Waals surface area contributed by atoms with E-state index < -0.39 is 11.9 Å². The summed E-state index contributed by atoms with van der Waals surface area (Å²) >= 11 is 0. The van der Waals surface area contributed by atoms with E-state index >= 15 is 0 Å². The number of anilines is 1. The van der Waals surface area contributed by atoms with Crippen molar-refractivity contribution in [1.82, 2.24) is 0 Å². The number of para-hydroxylation sites is 2. The molecule has 0 spiro atoms. The molecule has 0 bridgehead atoms. The van der Waals surface area contributed by atoms with Gasteiger partial charge in [-0.1, -0.05) is 17.3 Å². The largest absolute Gasteiger partial charge is 0.495 e. The van der Waals surface area contributed by atoms with Gasteiger partial charge in [0, 0.05) is 6.92 Å². The number of oxime groups is 1. The lowest BCUT2D eigenvalue weighted by atomic mass is 10.3. The highest BCUT2D eigenvalue weighted by atomic mass is 16.7. The predicted molar refractivity (Wildman–Crippen MR) is 61.9 cm³/mol. The second-order valence-electron chi connectivity index (χ2n) is 3.01. The maximum atomic E-state index is 11.4. The minimum Gasteiger partial charge on any atom is -0.495 e. The molecule has 1 aromatic rings. The van der Waals surface area contributed by atoms with E-state index in [0.717, 1.165) is 6.21 Å². The van der Waals surface area contributed by atoms with Gasteiger partial charge >= 0.3 is 5.97 Å². The van der Waals surface area contributed by atoms with E-state index in [1.165, 1.54) is 14.0 Å². The van der Waals surface area contributed by atoms with Crippen LogP contribution in [0.25, 0.3) is 0 Å². The second-order valence-corrected chi connectivity index (χ2v) is 3.01. The Hall–Kier alpha value is -2.37. The van der Waals surface area contributed by atoms with Crippen molar-refractivity contribution in [2.45, 2.75) is 6.92 Å². The maximum Gasteiger partial charge on any atom is 0.331 e. The number of carbonyl (C=O) groups is 2. The molecular weight excluding hydrogens is 224 g/mol. The van der Waals surface area contributed by atoms with E-state index in [9.17, 15) is 9.59 Å². The van der Waals surface area contributed by atoms with Gasteiger partial charge in [0.2, 0.25) is 0 Å². The van der Waals surface area contributed by atoms with Crippen LogP contribution in [-0.4, -0.2) is 25.2 Å². The summed E-state index contributed by atoms with van der Waals surface area (Å²) in [7, 11) is 1.50. The Kier molecular flexibility index (Phi) is 4.68. The first kappa shape index (κ1) is 12.7. The van der Waals surface area contributed by atoms with Gasteiger partial charge in [0.05, 0.1) is 12.8 Å². The van der Waals surface area contributed by atoms with Gasteiger partial charge in [-0.3, -0.25) is 4.79 Å². The van der Waals surface area contributed by atoms with Gasteiger partial charge in [-0.2, -0.15) is 0 Å². The fourth-order valence-corrected chi connectivity index (χ4v) is 1.06. The monoisotopic (exact) mass is 236 g/mol. The molecule has 0 aliphatic heterocycles. The number of carbonyl (C=O) groups excluding carboxylic acids is 2. The van der Waals surface area contributed by atoms with Crippen LogP contribution in [-0.2, 0) is 14.4 Å². The van der Waals surface area contributed by atoms with Crippen LogP contribution in [0.1, 0.15) is 6.92 Å². The fraction of sp³-hybridized carbons (Fsp3) is 0.182. The molecule has 1 aromatic carbocycles.